The van der Waals surface area contributed by atoms with Crippen LogP contribution in [0.15, 0.2) is 54.7 Å². The number of fused-ring (bicyclic) bond motifs is 3. The van der Waals surface area contributed by atoms with E-state index in [1.165, 1.54) is 34.5 Å². The molecule has 82 valence electrons. The van der Waals surface area contributed by atoms with Gasteiger partial charge in [0.25, 0.3) is 0 Å². The van der Waals surface area contributed by atoms with Crippen LogP contribution in [0, 0.1) is 0 Å². The summed E-state index contributed by atoms with van der Waals surface area (Å²) < 4.78 is 2.46. The summed E-state index contributed by atoms with van der Waals surface area (Å²) in [5.74, 6) is 0. The van der Waals surface area contributed by atoms with Gasteiger partial charge in [0.05, 0.1) is 5.39 Å². The normalized spacial score (nSPS) is 15.5. The summed E-state index contributed by atoms with van der Waals surface area (Å²) in [6.45, 7) is 0. The fraction of sp³-hybridized carbons (Fsp3) is 0.188. The predicted octanol–water partition coefficient (Wildman–Crippen LogP) is 3.62. The lowest BCUT2D eigenvalue weighted by molar-refractivity contribution is -0.673. The topological polar surface area (TPSA) is 3.88 Å². The van der Waals surface area contributed by atoms with Gasteiger partial charge in [-0.1, -0.05) is 30.3 Å². The van der Waals surface area contributed by atoms with E-state index in [4.69, 9.17) is 0 Å². The van der Waals surface area contributed by atoms with Gasteiger partial charge in [0.15, 0.2) is 12.2 Å². The first-order valence-electron chi connectivity index (χ1n) is 6.25. The summed E-state index contributed by atoms with van der Waals surface area (Å²) in [4.78, 5) is 0. The van der Waals surface area contributed by atoms with E-state index < -0.39 is 0 Å². The van der Waals surface area contributed by atoms with Gasteiger partial charge in [-0.3, -0.25) is 0 Å². The summed E-state index contributed by atoms with van der Waals surface area (Å²) in [6, 6.07) is 18.1. The number of rotatable bonds is 1. The lowest BCUT2D eigenvalue weighted by atomic mass is 10.1. The molecule has 1 aliphatic carbocycles. The molecule has 0 aliphatic heterocycles. The fourth-order valence-corrected chi connectivity index (χ4v) is 2.66. The van der Waals surface area contributed by atoms with E-state index in [0.717, 1.165) is 6.04 Å². The van der Waals surface area contributed by atoms with Gasteiger partial charge in [-0.25, -0.2) is 0 Å². The van der Waals surface area contributed by atoms with Crippen LogP contribution >= 0.6 is 0 Å². The molecule has 0 saturated heterocycles. The molecule has 1 aliphatic rings. The van der Waals surface area contributed by atoms with Gasteiger partial charge < -0.3 is 0 Å². The van der Waals surface area contributed by atoms with Gasteiger partial charge >= 0.3 is 0 Å². The van der Waals surface area contributed by atoms with Crippen molar-refractivity contribution in [2.24, 2.45) is 0 Å². The molecule has 4 rings (SSSR count). The average Bonchev–Trinajstić information content (AvgIpc) is 3.22. The van der Waals surface area contributed by atoms with Gasteiger partial charge in [0.1, 0.15) is 0 Å². The second kappa shape index (κ2) is 3.30. The standard InChI is InChI=1S/C16H14N/c1-2-6-14-12(5-1)11-17(13-9-10-13)16-8-4-3-7-15(14)16/h1-8,11,13H,9-10H2/q+1. The summed E-state index contributed by atoms with van der Waals surface area (Å²) in [5, 5.41) is 4.08. The Balaban J connectivity index is 2.22. The molecule has 0 spiro atoms. The summed E-state index contributed by atoms with van der Waals surface area (Å²) in [6.07, 6.45) is 4.97. The largest absolute Gasteiger partial charge is 0.213 e. The molecule has 1 aromatic heterocycles. The zero-order valence-electron chi connectivity index (χ0n) is 9.63. The van der Waals surface area contributed by atoms with E-state index >= 15 is 0 Å². The molecule has 1 saturated carbocycles. The van der Waals surface area contributed by atoms with E-state index in [1.54, 1.807) is 0 Å². The van der Waals surface area contributed by atoms with E-state index in [0.29, 0.717) is 0 Å². The third kappa shape index (κ3) is 1.35. The quantitative estimate of drug-likeness (QED) is 0.435. The maximum atomic E-state index is 2.46. The first-order chi connectivity index (χ1) is 8.43. The number of benzene rings is 2. The molecular formula is C16H14N+. The Kier molecular flexibility index (Phi) is 1.78. The molecule has 1 nitrogen and oxygen atoms in total. The number of hydrogen-bond acceptors (Lipinski definition) is 0. The molecule has 1 heterocycles. The van der Waals surface area contributed by atoms with Gasteiger partial charge in [-0.05, 0) is 12.1 Å². The van der Waals surface area contributed by atoms with E-state index in [9.17, 15) is 0 Å². The number of hydrogen-bond donors (Lipinski definition) is 0. The van der Waals surface area contributed by atoms with Crippen molar-refractivity contribution in [1.29, 1.82) is 0 Å². The van der Waals surface area contributed by atoms with Crippen LogP contribution in [0.2, 0.25) is 0 Å². The zero-order chi connectivity index (χ0) is 11.2. The highest BCUT2D eigenvalue weighted by molar-refractivity contribution is 6.03. The van der Waals surface area contributed by atoms with Gasteiger partial charge in [-0.15, -0.1) is 0 Å². The fourth-order valence-electron chi connectivity index (χ4n) is 2.66. The molecule has 17 heavy (non-hydrogen) atoms. The van der Waals surface area contributed by atoms with Crippen LogP contribution in [-0.2, 0) is 0 Å². The van der Waals surface area contributed by atoms with Crippen molar-refractivity contribution >= 4 is 21.7 Å². The second-order valence-corrected chi connectivity index (χ2v) is 4.87. The minimum atomic E-state index is 0.726. The van der Waals surface area contributed by atoms with E-state index in [2.05, 4.69) is 59.3 Å². The van der Waals surface area contributed by atoms with Crippen molar-refractivity contribution in [3.05, 3.63) is 54.7 Å². The van der Waals surface area contributed by atoms with Gasteiger partial charge in [0, 0.05) is 29.7 Å². The zero-order valence-corrected chi connectivity index (χ0v) is 9.63. The van der Waals surface area contributed by atoms with Crippen molar-refractivity contribution in [2.45, 2.75) is 18.9 Å². The minimum Gasteiger partial charge on any atom is -0.195 e. The highest BCUT2D eigenvalue weighted by atomic mass is 15.0. The molecule has 1 heteroatoms. The molecule has 0 bridgehead atoms. The number of aromatic nitrogens is 1. The highest BCUT2D eigenvalue weighted by Crippen LogP contribution is 2.32. The number of pyridine rings is 1. The van der Waals surface area contributed by atoms with Crippen LogP contribution in [-0.4, -0.2) is 0 Å². The van der Waals surface area contributed by atoms with Gasteiger partial charge in [0.2, 0.25) is 5.52 Å². The maximum absolute atomic E-state index is 2.46. The number of para-hydroxylation sites is 1. The van der Waals surface area contributed by atoms with Crippen LogP contribution in [0.1, 0.15) is 18.9 Å². The molecule has 3 aromatic rings. The Morgan fingerprint density at radius 2 is 1.53 bits per heavy atom. The van der Waals surface area contributed by atoms with Crippen LogP contribution in [0.3, 0.4) is 0 Å². The molecule has 0 atom stereocenters. The predicted molar refractivity (Wildman–Crippen MR) is 69.9 cm³/mol. The van der Waals surface area contributed by atoms with Crippen molar-refractivity contribution in [1.82, 2.24) is 0 Å². The minimum absolute atomic E-state index is 0.726. The molecule has 1 fully saturated rings. The molecule has 0 amide bonds. The first-order valence-corrected chi connectivity index (χ1v) is 6.25. The summed E-state index contributed by atoms with van der Waals surface area (Å²) >= 11 is 0. The Morgan fingerprint density at radius 1 is 0.824 bits per heavy atom. The van der Waals surface area contributed by atoms with Gasteiger partial charge in [-0.2, -0.15) is 4.57 Å². The molecule has 0 radical (unpaired) electrons. The highest BCUT2D eigenvalue weighted by Gasteiger charge is 2.33. The average molecular weight is 220 g/mol. The number of nitrogens with zero attached hydrogens (tertiary/aromatic N) is 1. The lowest BCUT2D eigenvalue weighted by Gasteiger charge is -2.04. The van der Waals surface area contributed by atoms with E-state index in [1.807, 2.05) is 0 Å². The first kappa shape index (κ1) is 9.17. The van der Waals surface area contributed by atoms with Crippen molar-refractivity contribution in [3.63, 3.8) is 0 Å². The van der Waals surface area contributed by atoms with Crippen molar-refractivity contribution in [2.75, 3.05) is 0 Å². The molecule has 2 aromatic carbocycles. The van der Waals surface area contributed by atoms with Crippen LogP contribution in [0.25, 0.3) is 21.7 Å². The van der Waals surface area contributed by atoms with Crippen LogP contribution in [0.4, 0.5) is 0 Å². The Labute approximate surface area is 100 Å². The maximum Gasteiger partial charge on any atom is 0.213 e. The Morgan fingerprint density at radius 3 is 2.35 bits per heavy atom. The van der Waals surface area contributed by atoms with Crippen molar-refractivity contribution < 1.29 is 4.57 Å². The van der Waals surface area contributed by atoms with Crippen molar-refractivity contribution in [3.8, 4) is 0 Å². The second-order valence-electron chi connectivity index (χ2n) is 4.87. The molecule has 0 N–H and O–H groups in total. The Bertz CT molecular complexity index is 711. The Hall–Kier alpha value is -1.89. The SMILES string of the molecule is c1ccc2c(c1)c[n+](C1CC1)c1ccccc21. The summed E-state index contributed by atoms with van der Waals surface area (Å²) in [5.41, 5.74) is 1.37. The lowest BCUT2D eigenvalue weighted by Crippen LogP contribution is -2.32. The third-order valence-electron chi connectivity index (χ3n) is 3.65. The smallest absolute Gasteiger partial charge is 0.195 e. The monoisotopic (exact) mass is 220 g/mol. The molecular weight excluding hydrogens is 206 g/mol. The van der Waals surface area contributed by atoms with Crippen LogP contribution in [0.5, 0.6) is 0 Å². The van der Waals surface area contributed by atoms with Crippen LogP contribution < -0.4 is 4.57 Å². The summed E-state index contributed by atoms with van der Waals surface area (Å²) in [7, 11) is 0. The van der Waals surface area contributed by atoms with E-state index in [-0.39, 0.29) is 0 Å². The molecule has 0 unspecified atom stereocenters. The third-order valence-corrected chi connectivity index (χ3v) is 3.65.